The number of nitrogens with one attached hydrogen (secondary N) is 1. The van der Waals surface area contributed by atoms with Gasteiger partial charge in [-0.2, -0.15) is 0 Å². The van der Waals surface area contributed by atoms with Gasteiger partial charge in [-0.25, -0.2) is 4.98 Å². The molecule has 2 aromatic heterocycles. The maximum Gasteiger partial charge on any atom is 0.283 e. The molecule has 2 aromatic carbocycles. The second-order valence-corrected chi connectivity index (χ2v) is 13.4. The van der Waals surface area contributed by atoms with Gasteiger partial charge in [-0.1, -0.05) is 40.9 Å². The highest BCUT2D eigenvalue weighted by molar-refractivity contribution is 8.01. The van der Waals surface area contributed by atoms with Gasteiger partial charge in [-0.05, 0) is 57.5 Å². The second-order valence-electron chi connectivity index (χ2n) is 8.65. The third-order valence-electron chi connectivity index (χ3n) is 4.44. The Labute approximate surface area is 224 Å². The van der Waals surface area contributed by atoms with E-state index in [4.69, 9.17) is 0 Å². The number of fused-ring (bicyclic) bond motifs is 1. The number of thiazole rings is 1. The van der Waals surface area contributed by atoms with Crippen LogP contribution in [0.15, 0.2) is 55.0 Å². The zero-order valence-electron chi connectivity index (χ0n) is 19.8. The molecule has 36 heavy (non-hydrogen) atoms. The van der Waals surface area contributed by atoms with Crippen LogP contribution in [0.4, 0.5) is 11.4 Å². The highest BCUT2D eigenvalue weighted by atomic mass is 32.2. The zero-order valence-corrected chi connectivity index (χ0v) is 23.1. The molecule has 0 bridgehead atoms. The number of aliphatic imine (C=N–C) groups is 1. The monoisotopic (exact) mass is 558 g/mol. The number of carbonyl (C=O) groups is 1. The Morgan fingerprint density at radius 3 is 2.67 bits per heavy atom. The van der Waals surface area contributed by atoms with Gasteiger partial charge in [0, 0.05) is 17.8 Å². The highest BCUT2D eigenvalue weighted by Crippen LogP contribution is 2.37. The lowest BCUT2D eigenvalue weighted by atomic mass is 10.1. The number of benzene rings is 2. The number of carbonyl (C=O) groups excluding carboxylic acids is 1. The van der Waals surface area contributed by atoms with Crippen molar-refractivity contribution in [1.29, 1.82) is 0 Å². The lowest BCUT2D eigenvalue weighted by Gasteiger charge is -2.19. The number of rotatable bonds is 8. The standard InChI is InChI=1S/C23H22N6O3S4/c1-13-27-28-22(34-13)35-18-8-5-14(9-17(18)29(31)32)11-24-15-6-7-16-19(10-15)36-21(25-16)33-12-20(30)26-23(2,3)4/h5-11H,12H2,1-4H3,(H,26,30). The minimum Gasteiger partial charge on any atom is -0.351 e. The molecule has 0 saturated heterocycles. The first-order valence-electron chi connectivity index (χ1n) is 10.7. The van der Waals surface area contributed by atoms with Crippen LogP contribution in [0.2, 0.25) is 0 Å². The molecule has 1 N–H and O–H groups in total. The minimum absolute atomic E-state index is 0.00752. The summed E-state index contributed by atoms with van der Waals surface area (Å²) in [6, 6.07) is 10.6. The summed E-state index contributed by atoms with van der Waals surface area (Å²) in [6.45, 7) is 7.68. The third-order valence-corrected chi connectivity index (χ3v) is 8.56. The first-order chi connectivity index (χ1) is 17.1. The second kappa shape index (κ2) is 11.0. The van der Waals surface area contributed by atoms with E-state index in [0.717, 1.165) is 19.6 Å². The molecular weight excluding hydrogens is 537 g/mol. The van der Waals surface area contributed by atoms with Crippen molar-refractivity contribution in [3.63, 3.8) is 0 Å². The summed E-state index contributed by atoms with van der Waals surface area (Å²) in [4.78, 5) is 32.9. The number of hydrogen-bond donors (Lipinski definition) is 1. The Bertz CT molecular complexity index is 1460. The van der Waals surface area contributed by atoms with Crippen LogP contribution in [0.25, 0.3) is 10.2 Å². The molecule has 0 aliphatic rings. The minimum atomic E-state index is -0.405. The molecule has 0 atom stereocenters. The maximum atomic E-state index is 12.1. The van der Waals surface area contributed by atoms with E-state index < -0.39 is 4.92 Å². The molecule has 0 saturated carbocycles. The Kier molecular flexibility index (Phi) is 8.03. The summed E-state index contributed by atoms with van der Waals surface area (Å²) >= 11 is 5.52. The largest absolute Gasteiger partial charge is 0.351 e. The zero-order chi connectivity index (χ0) is 25.9. The fraction of sp³-hybridized carbons (Fsp3) is 0.261. The molecular formula is C23H22N6O3S4. The van der Waals surface area contributed by atoms with Crippen LogP contribution in [0.1, 0.15) is 31.3 Å². The van der Waals surface area contributed by atoms with Gasteiger partial charge in [-0.3, -0.25) is 19.9 Å². The molecule has 0 spiro atoms. The van der Waals surface area contributed by atoms with Crippen molar-refractivity contribution in [2.24, 2.45) is 4.99 Å². The molecule has 9 nitrogen and oxygen atoms in total. The molecule has 1 amide bonds. The number of nitro groups is 1. The average Bonchev–Trinajstić information content (AvgIpc) is 3.40. The average molecular weight is 559 g/mol. The molecule has 0 radical (unpaired) electrons. The normalized spacial score (nSPS) is 11.9. The molecule has 4 aromatic rings. The fourth-order valence-electron chi connectivity index (χ4n) is 3.02. The van der Waals surface area contributed by atoms with Gasteiger partial charge in [0.2, 0.25) is 5.91 Å². The van der Waals surface area contributed by atoms with Crippen molar-refractivity contribution in [2.45, 2.75) is 46.8 Å². The van der Waals surface area contributed by atoms with E-state index in [-0.39, 0.29) is 17.1 Å². The van der Waals surface area contributed by atoms with Crippen molar-refractivity contribution >= 4 is 79.9 Å². The summed E-state index contributed by atoms with van der Waals surface area (Å²) in [5.74, 6) is 0.266. The summed E-state index contributed by atoms with van der Waals surface area (Å²) in [5.41, 5.74) is 1.88. The van der Waals surface area contributed by atoms with Crippen molar-refractivity contribution < 1.29 is 9.72 Å². The van der Waals surface area contributed by atoms with E-state index >= 15 is 0 Å². The van der Waals surface area contributed by atoms with Gasteiger partial charge in [-0.15, -0.1) is 21.5 Å². The van der Waals surface area contributed by atoms with E-state index in [1.807, 2.05) is 45.9 Å². The molecule has 2 heterocycles. The van der Waals surface area contributed by atoms with E-state index in [9.17, 15) is 14.9 Å². The maximum absolute atomic E-state index is 12.1. The van der Waals surface area contributed by atoms with Crippen LogP contribution >= 0.6 is 46.2 Å². The van der Waals surface area contributed by atoms with Crippen molar-refractivity contribution in [3.8, 4) is 0 Å². The van der Waals surface area contributed by atoms with E-state index in [1.165, 1.54) is 52.3 Å². The van der Waals surface area contributed by atoms with Crippen LogP contribution in [0.5, 0.6) is 0 Å². The van der Waals surface area contributed by atoms with Gasteiger partial charge in [0.1, 0.15) is 5.01 Å². The molecule has 0 aliphatic heterocycles. The smallest absolute Gasteiger partial charge is 0.283 e. The highest BCUT2D eigenvalue weighted by Gasteiger charge is 2.18. The van der Waals surface area contributed by atoms with Crippen LogP contribution in [-0.2, 0) is 4.79 Å². The molecule has 0 aliphatic carbocycles. The lowest BCUT2D eigenvalue weighted by molar-refractivity contribution is -0.387. The first kappa shape index (κ1) is 26.2. The SMILES string of the molecule is Cc1nnc(Sc2ccc(C=Nc3ccc4nc(SCC(=O)NC(C)(C)C)sc4c3)cc2[N+](=O)[O-])s1. The van der Waals surface area contributed by atoms with E-state index in [2.05, 4.69) is 25.5 Å². The number of nitro benzene ring substituents is 1. The number of hydrogen-bond acceptors (Lipinski definition) is 11. The van der Waals surface area contributed by atoms with Crippen molar-refractivity contribution in [1.82, 2.24) is 20.5 Å². The number of aromatic nitrogens is 3. The Hall–Kier alpha value is -2.87. The number of nitrogens with zero attached hydrogens (tertiary/aromatic N) is 5. The van der Waals surface area contributed by atoms with Gasteiger partial charge in [0.25, 0.3) is 5.69 Å². The Morgan fingerprint density at radius 2 is 1.97 bits per heavy atom. The number of thioether (sulfide) groups is 1. The number of aryl methyl sites for hydroxylation is 1. The summed E-state index contributed by atoms with van der Waals surface area (Å²) < 4.78 is 2.42. The molecule has 186 valence electrons. The summed E-state index contributed by atoms with van der Waals surface area (Å²) in [5, 5.41) is 23.4. The van der Waals surface area contributed by atoms with Crippen LogP contribution in [-0.4, -0.2) is 43.5 Å². The van der Waals surface area contributed by atoms with E-state index in [0.29, 0.717) is 26.2 Å². The Morgan fingerprint density at radius 1 is 1.17 bits per heavy atom. The molecule has 0 unspecified atom stereocenters. The molecule has 4 rings (SSSR count). The predicted octanol–water partition coefficient (Wildman–Crippen LogP) is 6.27. The summed E-state index contributed by atoms with van der Waals surface area (Å²) in [6.07, 6.45) is 1.60. The van der Waals surface area contributed by atoms with Gasteiger partial charge in [0.05, 0.1) is 31.5 Å². The first-order valence-corrected chi connectivity index (χ1v) is 14.1. The molecule has 0 fully saturated rings. The van der Waals surface area contributed by atoms with E-state index in [1.54, 1.807) is 18.3 Å². The van der Waals surface area contributed by atoms with Crippen molar-refractivity contribution in [3.05, 3.63) is 57.1 Å². The van der Waals surface area contributed by atoms with Crippen LogP contribution < -0.4 is 5.32 Å². The van der Waals surface area contributed by atoms with Crippen molar-refractivity contribution in [2.75, 3.05) is 5.75 Å². The number of amides is 1. The van der Waals surface area contributed by atoms with Crippen LogP contribution in [0.3, 0.4) is 0 Å². The Balaban J connectivity index is 1.46. The van der Waals surface area contributed by atoms with Gasteiger partial charge < -0.3 is 5.32 Å². The topological polar surface area (TPSA) is 123 Å². The third kappa shape index (κ3) is 7.09. The quantitative estimate of drug-likeness (QED) is 0.116. The summed E-state index contributed by atoms with van der Waals surface area (Å²) in [7, 11) is 0. The van der Waals surface area contributed by atoms with Gasteiger partial charge >= 0.3 is 0 Å². The lowest BCUT2D eigenvalue weighted by Crippen LogP contribution is -2.41. The van der Waals surface area contributed by atoms with Gasteiger partial charge in [0.15, 0.2) is 8.68 Å². The molecule has 13 heteroatoms. The predicted molar refractivity (Wildman–Crippen MR) is 147 cm³/mol. The fourth-order valence-corrected chi connectivity index (χ4v) is 6.78. The van der Waals surface area contributed by atoms with Crippen LogP contribution in [0, 0.1) is 17.0 Å².